The first-order valence-corrected chi connectivity index (χ1v) is 9.78. The van der Waals surface area contributed by atoms with Gasteiger partial charge in [-0.15, -0.1) is 11.3 Å². The molecule has 1 aromatic carbocycles. The van der Waals surface area contributed by atoms with Crippen molar-refractivity contribution >= 4 is 23.3 Å². The molecule has 2 atom stereocenters. The maximum atomic E-state index is 12.1. The zero-order valence-electron chi connectivity index (χ0n) is 15.2. The Morgan fingerprint density at radius 2 is 2.04 bits per heavy atom. The summed E-state index contributed by atoms with van der Waals surface area (Å²) in [4.78, 5) is 18.6. The molecule has 1 saturated heterocycles. The van der Waals surface area contributed by atoms with Crippen LogP contribution < -0.4 is 5.32 Å². The molecule has 0 aliphatic carbocycles. The molecular weight excluding hydrogens is 346 g/mol. The Morgan fingerprint density at radius 1 is 1.31 bits per heavy atom. The Labute approximate surface area is 158 Å². The molecule has 0 spiro atoms. The highest BCUT2D eigenvalue weighted by Gasteiger charge is 2.22. The molecule has 26 heavy (non-hydrogen) atoms. The molecule has 1 N–H and O–H groups in total. The second-order valence-corrected chi connectivity index (χ2v) is 7.57. The van der Waals surface area contributed by atoms with E-state index in [1.54, 1.807) is 12.3 Å². The van der Waals surface area contributed by atoms with Crippen LogP contribution >= 0.6 is 11.3 Å². The molecule has 0 bridgehead atoms. The molecule has 1 aliphatic rings. The van der Waals surface area contributed by atoms with Crippen LogP contribution in [0.1, 0.15) is 30.0 Å². The molecule has 2 aromatic rings. The van der Waals surface area contributed by atoms with Crippen molar-refractivity contribution in [1.29, 1.82) is 0 Å². The lowest BCUT2D eigenvalue weighted by Crippen LogP contribution is -2.45. The van der Waals surface area contributed by atoms with Crippen LogP contribution in [-0.2, 0) is 22.6 Å². The van der Waals surface area contributed by atoms with E-state index in [0.717, 1.165) is 30.2 Å². The van der Waals surface area contributed by atoms with Gasteiger partial charge in [0.1, 0.15) is 5.01 Å². The summed E-state index contributed by atoms with van der Waals surface area (Å²) < 4.78 is 5.81. The molecular formula is C20H25N3O2S. The number of carbonyl (C=O) groups is 1. The van der Waals surface area contributed by atoms with E-state index in [1.807, 2.05) is 11.4 Å². The van der Waals surface area contributed by atoms with Gasteiger partial charge in [-0.2, -0.15) is 0 Å². The van der Waals surface area contributed by atoms with Crippen molar-refractivity contribution in [1.82, 2.24) is 15.2 Å². The molecule has 0 saturated carbocycles. The summed E-state index contributed by atoms with van der Waals surface area (Å²) in [7, 11) is 0. The first-order valence-electron chi connectivity index (χ1n) is 8.90. The van der Waals surface area contributed by atoms with Crippen LogP contribution in [0.25, 0.3) is 6.08 Å². The van der Waals surface area contributed by atoms with Crippen LogP contribution in [0, 0.1) is 0 Å². The van der Waals surface area contributed by atoms with Gasteiger partial charge in [-0.3, -0.25) is 9.69 Å². The van der Waals surface area contributed by atoms with Crippen molar-refractivity contribution in [2.45, 2.75) is 39.1 Å². The molecule has 2 unspecified atom stereocenters. The number of ether oxygens (including phenoxy) is 1. The second-order valence-electron chi connectivity index (χ2n) is 6.64. The number of hydrogen-bond donors (Lipinski definition) is 1. The topological polar surface area (TPSA) is 54.5 Å². The van der Waals surface area contributed by atoms with E-state index < -0.39 is 0 Å². The molecule has 2 heterocycles. The first kappa shape index (κ1) is 18.8. The molecule has 1 fully saturated rings. The standard InChI is InChI=1S/C20H25N3O2S/c1-15-12-23(13-16(2)25-15)14-18-6-4-3-5-17(18)11-22-19(24)7-8-20-21-9-10-26-20/h3-10,15-16H,11-14H2,1-2H3,(H,22,24). The minimum Gasteiger partial charge on any atom is -0.373 e. The molecule has 5 nitrogen and oxygen atoms in total. The third-order valence-corrected chi connectivity index (χ3v) is 5.03. The van der Waals surface area contributed by atoms with Crippen molar-refractivity contribution in [3.8, 4) is 0 Å². The minimum absolute atomic E-state index is 0.108. The number of morpholine rings is 1. The summed E-state index contributed by atoms with van der Waals surface area (Å²) in [5, 5.41) is 5.68. The predicted octanol–water partition coefficient (Wildman–Crippen LogP) is 3.08. The van der Waals surface area contributed by atoms with E-state index in [2.05, 4.69) is 47.2 Å². The lowest BCUT2D eigenvalue weighted by atomic mass is 10.1. The van der Waals surface area contributed by atoms with E-state index in [0.29, 0.717) is 6.54 Å². The molecule has 6 heteroatoms. The van der Waals surface area contributed by atoms with Crippen molar-refractivity contribution in [3.63, 3.8) is 0 Å². The average Bonchev–Trinajstić information content (AvgIpc) is 3.12. The summed E-state index contributed by atoms with van der Waals surface area (Å²) in [6.07, 6.45) is 5.50. The Hall–Kier alpha value is -2.02. The van der Waals surface area contributed by atoms with Gasteiger partial charge in [-0.05, 0) is 31.1 Å². The Morgan fingerprint density at radius 3 is 2.73 bits per heavy atom. The van der Waals surface area contributed by atoms with Gasteiger partial charge < -0.3 is 10.1 Å². The molecule has 1 aliphatic heterocycles. The van der Waals surface area contributed by atoms with Gasteiger partial charge in [-0.1, -0.05) is 24.3 Å². The van der Waals surface area contributed by atoms with Gasteiger partial charge in [0.2, 0.25) is 5.91 Å². The van der Waals surface area contributed by atoms with Gasteiger partial charge in [0.05, 0.1) is 12.2 Å². The highest BCUT2D eigenvalue weighted by molar-refractivity contribution is 7.10. The van der Waals surface area contributed by atoms with Crippen LogP contribution in [0.15, 0.2) is 41.9 Å². The van der Waals surface area contributed by atoms with E-state index in [-0.39, 0.29) is 18.1 Å². The minimum atomic E-state index is -0.108. The number of aromatic nitrogens is 1. The van der Waals surface area contributed by atoms with Crippen LogP contribution in [0.5, 0.6) is 0 Å². The van der Waals surface area contributed by atoms with E-state index >= 15 is 0 Å². The summed E-state index contributed by atoms with van der Waals surface area (Å²) in [6, 6.07) is 8.28. The van der Waals surface area contributed by atoms with Gasteiger partial charge in [0.15, 0.2) is 0 Å². The smallest absolute Gasteiger partial charge is 0.244 e. The number of rotatable bonds is 6. The summed E-state index contributed by atoms with van der Waals surface area (Å²) in [6.45, 7) is 7.49. The van der Waals surface area contributed by atoms with Gasteiger partial charge >= 0.3 is 0 Å². The Bertz CT molecular complexity index is 735. The molecule has 1 aromatic heterocycles. The SMILES string of the molecule is CC1CN(Cc2ccccc2CNC(=O)C=Cc2nccs2)CC(C)O1. The van der Waals surface area contributed by atoms with E-state index in [1.165, 1.54) is 23.0 Å². The number of nitrogens with one attached hydrogen (secondary N) is 1. The van der Waals surface area contributed by atoms with Crippen molar-refractivity contribution in [2.24, 2.45) is 0 Å². The fourth-order valence-electron chi connectivity index (χ4n) is 3.24. The average molecular weight is 372 g/mol. The van der Waals surface area contributed by atoms with Crippen LogP contribution in [0.2, 0.25) is 0 Å². The predicted molar refractivity (Wildman–Crippen MR) is 105 cm³/mol. The monoisotopic (exact) mass is 371 g/mol. The highest BCUT2D eigenvalue weighted by Crippen LogP contribution is 2.17. The number of hydrogen-bond acceptors (Lipinski definition) is 5. The number of benzene rings is 1. The van der Waals surface area contributed by atoms with Gasteiger partial charge in [0.25, 0.3) is 0 Å². The van der Waals surface area contributed by atoms with Crippen molar-refractivity contribution in [3.05, 3.63) is 58.1 Å². The second kappa shape index (κ2) is 9.07. The van der Waals surface area contributed by atoms with E-state index in [4.69, 9.17) is 4.74 Å². The molecule has 3 rings (SSSR count). The summed E-state index contributed by atoms with van der Waals surface area (Å²) in [5.74, 6) is -0.108. The third-order valence-electron chi connectivity index (χ3n) is 4.29. The zero-order chi connectivity index (χ0) is 18.4. The van der Waals surface area contributed by atoms with Crippen LogP contribution in [0.3, 0.4) is 0 Å². The largest absolute Gasteiger partial charge is 0.373 e. The van der Waals surface area contributed by atoms with Gasteiger partial charge in [0, 0.05) is 43.8 Å². The zero-order valence-corrected chi connectivity index (χ0v) is 16.0. The van der Waals surface area contributed by atoms with Crippen LogP contribution in [0.4, 0.5) is 0 Å². The Kier molecular flexibility index (Phi) is 6.55. The molecule has 1 amide bonds. The van der Waals surface area contributed by atoms with E-state index in [9.17, 15) is 4.79 Å². The molecule has 138 valence electrons. The van der Waals surface area contributed by atoms with Gasteiger partial charge in [-0.25, -0.2) is 4.98 Å². The van der Waals surface area contributed by atoms with Crippen molar-refractivity contribution < 1.29 is 9.53 Å². The Balaban J connectivity index is 1.57. The maximum absolute atomic E-state index is 12.1. The lowest BCUT2D eigenvalue weighted by Gasteiger charge is -2.35. The number of amides is 1. The van der Waals surface area contributed by atoms with Crippen LogP contribution in [-0.4, -0.2) is 41.1 Å². The summed E-state index contributed by atoms with van der Waals surface area (Å²) in [5.41, 5.74) is 2.40. The number of carbonyl (C=O) groups excluding carboxylic acids is 1. The number of nitrogens with zero attached hydrogens (tertiary/aromatic N) is 2. The lowest BCUT2D eigenvalue weighted by molar-refractivity contribution is -0.116. The fraction of sp³-hybridized carbons (Fsp3) is 0.400. The maximum Gasteiger partial charge on any atom is 0.244 e. The normalized spacial score (nSPS) is 21.2. The number of thiazole rings is 1. The highest BCUT2D eigenvalue weighted by atomic mass is 32.1. The molecule has 0 radical (unpaired) electrons. The third kappa shape index (κ3) is 5.49. The first-order chi connectivity index (χ1) is 12.6. The van der Waals surface area contributed by atoms with Crippen molar-refractivity contribution in [2.75, 3.05) is 13.1 Å². The summed E-state index contributed by atoms with van der Waals surface area (Å²) >= 11 is 1.51. The fourth-order valence-corrected chi connectivity index (χ4v) is 3.77. The quantitative estimate of drug-likeness (QED) is 0.793.